The largest absolute Gasteiger partial charge is 0.476 e. The second-order valence-corrected chi connectivity index (χ2v) is 5.60. The number of esters is 1. The molecule has 0 atom stereocenters. The number of carbonyl (C=O) groups excluding carboxylic acids is 2. The van der Waals surface area contributed by atoms with Crippen LogP contribution in [0.25, 0.3) is 0 Å². The molecule has 1 aromatic heterocycles. The van der Waals surface area contributed by atoms with Crippen LogP contribution in [0, 0.1) is 0 Å². The van der Waals surface area contributed by atoms with Crippen molar-refractivity contribution in [1.82, 2.24) is 9.78 Å². The minimum Gasteiger partial charge on any atom is -0.476 e. The molecule has 124 valence electrons. The highest BCUT2D eigenvalue weighted by Gasteiger charge is 2.30. The third-order valence-electron chi connectivity index (χ3n) is 4.06. The number of ether oxygens (including phenoxy) is 1. The number of rotatable bonds is 4. The van der Waals surface area contributed by atoms with Crippen LogP contribution in [-0.4, -0.2) is 39.7 Å². The van der Waals surface area contributed by atoms with Gasteiger partial charge in [0.2, 0.25) is 0 Å². The molecule has 1 N–H and O–H groups in total. The maximum absolute atomic E-state index is 12.1. The van der Waals surface area contributed by atoms with E-state index in [4.69, 9.17) is 0 Å². The molecule has 1 aromatic carbocycles. The number of hydrogen-bond donors (Lipinski definition) is 1. The molecular formula is C17H16N2O5. The van der Waals surface area contributed by atoms with E-state index in [-0.39, 0.29) is 17.0 Å². The lowest BCUT2D eigenvalue weighted by Crippen LogP contribution is -2.15. The number of aromatic nitrogens is 2. The van der Waals surface area contributed by atoms with Crippen LogP contribution in [0.2, 0.25) is 0 Å². The van der Waals surface area contributed by atoms with E-state index in [1.807, 2.05) is 0 Å². The first-order valence-corrected chi connectivity index (χ1v) is 7.54. The van der Waals surface area contributed by atoms with Crippen LogP contribution >= 0.6 is 0 Å². The molecule has 1 heterocycles. The third-order valence-corrected chi connectivity index (χ3v) is 4.06. The number of carboxylic acids is 1. The second-order valence-electron chi connectivity index (χ2n) is 5.60. The molecule has 2 aromatic rings. The first-order valence-electron chi connectivity index (χ1n) is 7.54. The molecule has 0 fully saturated rings. The summed E-state index contributed by atoms with van der Waals surface area (Å²) < 4.78 is 6.22. The number of benzene rings is 1. The van der Waals surface area contributed by atoms with Crippen molar-refractivity contribution in [3.8, 4) is 0 Å². The zero-order valence-electron chi connectivity index (χ0n) is 13.1. The minimum absolute atomic E-state index is 0.166. The summed E-state index contributed by atoms with van der Waals surface area (Å²) in [5.74, 6) is -1.78. The lowest BCUT2D eigenvalue weighted by molar-refractivity contribution is 0.0599. The maximum atomic E-state index is 12.1. The van der Waals surface area contributed by atoms with Crippen molar-refractivity contribution in [2.24, 2.45) is 0 Å². The van der Waals surface area contributed by atoms with E-state index in [2.05, 4.69) is 9.84 Å². The Hall–Kier alpha value is -2.96. The SMILES string of the molecule is COC(=O)c1ccc(Cn2nc(C(=O)O)c3c2CCCC3=O)cc1. The summed E-state index contributed by atoms with van der Waals surface area (Å²) in [4.78, 5) is 34.9. The van der Waals surface area contributed by atoms with Crippen molar-refractivity contribution >= 4 is 17.7 Å². The predicted octanol–water partition coefficient (Wildman–Crippen LogP) is 1.94. The van der Waals surface area contributed by atoms with E-state index in [1.165, 1.54) is 7.11 Å². The average molecular weight is 328 g/mol. The van der Waals surface area contributed by atoms with Gasteiger partial charge in [-0.3, -0.25) is 9.48 Å². The van der Waals surface area contributed by atoms with Gasteiger partial charge in [0.15, 0.2) is 11.5 Å². The third kappa shape index (κ3) is 2.80. The van der Waals surface area contributed by atoms with Crippen molar-refractivity contribution in [2.45, 2.75) is 25.8 Å². The Morgan fingerprint density at radius 3 is 2.58 bits per heavy atom. The van der Waals surface area contributed by atoms with Gasteiger partial charge < -0.3 is 9.84 Å². The quantitative estimate of drug-likeness (QED) is 0.861. The summed E-state index contributed by atoms with van der Waals surface area (Å²) in [5, 5.41) is 13.4. The molecule has 0 amide bonds. The first kappa shape index (κ1) is 15.9. The Bertz CT molecular complexity index is 820. The van der Waals surface area contributed by atoms with Crippen LogP contribution in [0.5, 0.6) is 0 Å². The summed E-state index contributed by atoms with van der Waals surface area (Å²) in [6, 6.07) is 6.79. The van der Waals surface area contributed by atoms with Crippen molar-refractivity contribution in [2.75, 3.05) is 7.11 Å². The van der Waals surface area contributed by atoms with Crippen molar-refractivity contribution in [3.05, 3.63) is 52.3 Å². The molecule has 0 spiro atoms. The fraction of sp³-hybridized carbons (Fsp3) is 0.294. The molecule has 1 aliphatic carbocycles. The Balaban J connectivity index is 1.93. The molecule has 0 saturated heterocycles. The van der Waals surface area contributed by atoms with Crippen LogP contribution in [0.1, 0.15) is 55.3 Å². The predicted molar refractivity (Wildman–Crippen MR) is 83.3 cm³/mol. The normalized spacial score (nSPS) is 13.5. The summed E-state index contributed by atoms with van der Waals surface area (Å²) in [5.41, 5.74) is 2.01. The molecule has 0 radical (unpaired) electrons. The number of carbonyl (C=O) groups is 3. The molecule has 0 saturated carbocycles. The van der Waals surface area contributed by atoms with E-state index >= 15 is 0 Å². The van der Waals surface area contributed by atoms with Gasteiger partial charge in [-0.2, -0.15) is 5.10 Å². The Labute approximate surface area is 137 Å². The van der Waals surface area contributed by atoms with E-state index < -0.39 is 11.9 Å². The monoisotopic (exact) mass is 328 g/mol. The molecule has 7 heteroatoms. The second kappa shape index (κ2) is 6.27. The molecule has 24 heavy (non-hydrogen) atoms. The highest BCUT2D eigenvalue weighted by atomic mass is 16.5. The smallest absolute Gasteiger partial charge is 0.357 e. The zero-order valence-corrected chi connectivity index (χ0v) is 13.1. The Morgan fingerprint density at radius 1 is 1.25 bits per heavy atom. The van der Waals surface area contributed by atoms with Gasteiger partial charge in [0, 0.05) is 6.42 Å². The first-order chi connectivity index (χ1) is 11.5. The van der Waals surface area contributed by atoms with Crippen LogP contribution < -0.4 is 0 Å². The maximum Gasteiger partial charge on any atom is 0.357 e. The van der Waals surface area contributed by atoms with Crippen molar-refractivity contribution < 1.29 is 24.2 Å². The summed E-state index contributed by atoms with van der Waals surface area (Å²) in [6.45, 7) is 0.338. The number of methoxy groups -OCH3 is 1. The van der Waals surface area contributed by atoms with E-state index in [1.54, 1.807) is 28.9 Å². The Morgan fingerprint density at radius 2 is 1.96 bits per heavy atom. The van der Waals surface area contributed by atoms with Crippen molar-refractivity contribution in [1.29, 1.82) is 0 Å². The van der Waals surface area contributed by atoms with Gasteiger partial charge in [0.1, 0.15) is 0 Å². The van der Waals surface area contributed by atoms with Crippen LogP contribution in [-0.2, 0) is 17.7 Å². The highest BCUT2D eigenvalue weighted by molar-refractivity contribution is 6.06. The summed E-state index contributed by atoms with van der Waals surface area (Å²) >= 11 is 0. The average Bonchev–Trinajstić information content (AvgIpc) is 2.95. The fourth-order valence-electron chi connectivity index (χ4n) is 2.90. The zero-order chi connectivity index (χ0) is 17.3. The van der Waals surface area contributed by atoms with E-state index in [0.717, 1.165) is 5.56 Å². The number of Topliss-reactive ketones (excluding diaryl/α,β-unsaturated/α-hetero) is 1. The highest BCUT2D eigenvalue weighted by Crippen LogP contribution is 2.25. The van der Waals surface area contributed by atoms with E-state index in [9.17, 15) is 19.5 Å². The molecule has 0 aliphatic heterocycles. The molecule has 0 unspecified atom stereocenters. The molecule has 0 bridgehead atoms. The number of aromatic carboxylic acids is 1. The lowest BCUT2D eigenvalue weighted by Gasteiger charge is -2.13. The summed E-state index contributed by atoms with van der Waals surface area (Å²) in [7, 11) is 1.32. The van der Waals surface area contributed by atoms with Crippen LogP contribution in [0.4, 0.5) is 0 Å². The van der Waals surface area contributed by atoms with Gasteiger partial charge in [-0.25, -0.2) is 9.59 Å². The topological polar surface area (TPSA) is 98.5 Å². The molecule has 1 aliphatic rings. The van der Waals surface area contributed by atoms with Crippen LogP contribution in [0.15, 0.2) is 24.3 Å². The van der Waals surface area contributed by atoms with Gasteiger partial charge in [-0.05, 0) is 30.5 Å². The van der Waals surface area contributed by atoms with Gasteiger partial charge in [0.05, 0.1) is 30.5 Å². The minimum atomic E-state index is -1.19. The van der Waals surface area contributed by atoms with Gasteiger partial charge in [-0.15, -0.1) is 0 Å². The van der Waals surface area contributed by atoms with Crippen LogP contribution in [0.3, 0.4) is 0 Å². The van der Waals surface area contributed by atoms with Crippen molar-refractivity contribution in [3.63, 3.8) is 0 Å². The number of ketones is 1. The molecule has 3 rings (SSSR count). The lowest BCUT2D eigenvalue weighted by atomic mass is 9.94. The summed E-state index contributed by atoms with van der Waals surface area (Å²) in [6.07, 6.45) is 1.67. The van der Waals surface area contributed by atoms with E-state index in [0.29, 0.717) is 37.1 Å². The standard InChI is InChI=1S/C17H16N2O5/c1-24-17(23)11-7-5-10(6-8-11)9-19-12-3-2-4-13(20)14(12)15(18-19)16(21)22/h5-8H,2-4,9H2,1H3,(H,21,22). The number of hydrogen-bond acceptors (Lipinski definition) is 5. The van der Waals surface area contributed by atoms with Gasteiger partial charge in [0.25, 0.3) is 0 Å². The van der Waals surface area contributed by atoms with Gasteiger partial charge >= 0.3 is 11.9 Å². The fourth-order valence-corrected chi connectivity index (χ4v) is 2.90. The number of nitrogens with zero attached hydrogens (tertiary/aromatic N) is 2. The number of fused-ring (bicyclic) bond motifs is 1. The number of carboxylic acid groups (broad SMARTS) is 1. The Kier molecular flexibility index (Phi) is 4.16. The van der Waals surface area contributed by atoms with Gasteiger partial charge in [-0.1, -0.05) is 12.1 Å². The molecule has 7 nitrogen and oxygen atoms in total. The molecular weight excluding hydrogens is 312 g/mol.